The number of carboxylic acids is 1. The summed E-state index contributed by atoms with van der Waals surface area (Å²) in [4.78, 5) is 23.5. The largest absolute Gasteiger partial charge is 0.481 e. The highest BCUT2D eigenvalue weighted by Gasteiger charge is 2.08. The Morgan fingerprint density at radius 1 is 1.21 bits per heavy atom. The quantitative estimate of drug-likeness (QED) is 0.820. The van der Waals surface area contributed by atoms with Crippen LogP contribution in [0.1, 0.15) is 24.8 Å². The number of hydrogen-bond donors (Lipinski definition) is 1. The molecule has 0 spiro atoms. The zero-order valence-corrected chi connectivity index (χ0v) is 11.1. The van der Waals surface area contributed by atoms with Gasteiger partial charge in [-0.1, -0.05) is 42.5 Å². The van der Waals surface area contributed by atoms with Crippen LogP contribution >= 0.6 is 0 Å². The van der Waals surface area contributed by atoms with Crippen molar-refractivity contribution in [3.05, 3.63) is 42.0 Å². The van der Waals surface area contributed by atoms with Crippen molar-refractivity contribution in [1.29, 1.82) is 0 Å². The summed E-state index contributed by atoms with van der Waals surface area (Å²) in [6.07, 6.45) is 4.98. The lowest BCUT2D eigenvalue weighted by molar-refractivity contribution is -0.138. The van der Waals surface area contributed by atoms with E-state index in [1.165, 1.54) is 4.90 Å². The van der Waals surface area contributed by atoms with Gasteiger partial charge in [-0.05, 0) is 12.0 Å². The number of carbonyl (C=O) groups is 2. The Hall–Kier alpha value is -2.10. The van der Waals surface area contributed by atoms with Crippen molar-refractivity contribution in [2.45, 2.75) is 19.3 Å². The molecule has 1 aromatic rings. The molecule has 0 bridgehead atoms. The first kappa shape index (κ1) is 15.0. The maximum absolute atomic E-state index is 11.7. The Morgan fingerprint density at radius 2 is 1.89 bits per heavy atom. The van der Waals surface area contributed by atoms with Crippen LogP contribution in [0.4, 0.5) is 0 Å². The van der Waals surface area contributed by atoms with Crippen LogP contribution in [0.15, 0.2) is 36.4 Å². The van der Waals surface area contributed by atoms with E-state index in [-0.39, 0.29) is 18.9 Å². The highest BCUT2D eigenvalue weighted by atomic mass is 16.4. The van der Waals surface area contributed by atoms with Crippen molar-refractivity contribution < 1.29 is 14.7 Å². The van der Waals surface area contributed by atoms with E-state index < -0.39 is 5.97 Å². The minimum absolute atomic E-state index is 0.0118. The second-order valence-electron chi connectivity index (χ2n) is 4.31. The van der Waals surface area contributed by atoms with E-state index >= 15 is 0 Å². The molecule has 1 amide bonds. The highest BCUT2D eigenvalue weighted by molar-refractivity contribution is 5.77. The average Bonchev–Trinajstić information content (AvgIpc) is 2.41. The van der Waals surface area contributed by atoms with Crippen molar-refractivity contribution in [3.63, 3.8) is 0 Å². The van der Waals surface area contributed by atoms with Gasteiger partial charge in [-0.2, -0.15) is 0 Å². The van der Waals surface area contributed by atoms with Crippen LogP contribution in [0.25, 0.3) is 6.08 Å². The van der Waals surface area contributed by atoms with Gasteiger partial charge >= 0.3 is 5.97 Å². The molecule has 1 N–H and O–H groups in total. The van der Waals surface area contributed by atoms with E-state index in [0.29, 0.717) is 12.8 Å². The van der Waals surface area contributed by atoms with Gasteiger partial charge in [0.15, 0.2) is 0 Å². The van der Waals surface area contributed by atoms with Crippen LogP contribution < -0.4 is 0 Å². The third-order valence-electron chi connectivity index (χ3n) is 2.72. The molecule has 0 saturated heterocycles. The van der Waals surface area contributed by atoms with Crippen LogP contribution in [-0.2, 0) is 9.59 Å². The van der Waals surface area contributed by atoms with Crippen LogP contribution in [-0.4, -0.2) is 35.5 Å². The predicted molar refractivity (Wildman–Crippen MR) is 74.6 cm³/mol. The van der Waals surface area contributed by atoms with Gasteiger partial charge in [-0.25, -0.2) is 0 Å². The van der Waals surface area contributed by atoms with Gasteiger partial charge in [0.1, 0.15) is 0 Å². The van der Waals surface area contributed by atoms with Gasteiger partial charge in [0.05, 0.1) is 6.42 Å². The molecule has 4 nitrogen and oxygen atoms in total. The summed E-state index contributed by atoms with van der Waals surface area (Å²) >= 11 is 0. The summed E-state index contributed by atoms with van der Waals surface area (Å²) < 4.78 is 0. The number of carboxylic acid groups (broad SMARTS) is 1. The molecular weight excluding hydrogens is 242 g/mol. The van der Waals surface area contributed by atoms with E-state index in [4.69, 9.17) is 5.11 Å². The minimum Gasteiger partial charge on any atom is -0.481 e. The maximum Gasteiger partial charge on any atom is 0.305 e. The number of carbonyl (C=O) groups excluding carboxylic acids is 1. The Kier molecular flexibility index (Phi) is 6.36. The van der Waals surface area contributed by atoms with Crippen molar-refractivity contribution in [2.75, 3.05) is 13.6 Å². The van der Waals surface area contributed by atoms with Crippen molar-refractivity contribution in [2.24, 2.45) is 0 Å². The van der Waals surface area contributed by atoms with Gasteiger partial charge in [-0.15, -0.1) is 0 Å². The fourth-order valence-electron chi connectivity index (χ4n) is 1.57. The Balaban J connectivity index is 2.27. The van der Waals surface area contributed by atoms with Crippen molar-refractivity contribution >= 4 is 18.0 Å². The zero-order valence-electron chi connectivity index (χ0n) is 11.1. The molecule has 4 heteroatoms. The molecule has 0 unspecified atom stereocenters. The first-order valence-corrected chi connectivity index (χ1v) is 6.27. The minimum atomic E-state index is -0.886. The van der Waals surface area contributed by atoms with Crippen LogP contribution in [0.5, 0.6) is 0 Å². The molecular formula is C15H19NO3. The molecule has 0 radical (unpaired) electrons. The Bertz CT molecular complexity index is 440. The number of nitrogens with zero attached hydrogens (tertiary/aromatic N) is 1. The number of benzene rings is 1. The molecule has 0 fully saturated rings. The molecule has 0 heterocycles. The molecule has 0 aliphatic rings. The number of amides is 1. The summed E-state index contributed by atoms with van der Waals surface area (Å²) in [6.45, 7) is 0.260. The van der Waals surface area contributed by atoms with Gasteiger partial charge in [0.25, 0.3) is 0 Å². The number of rotatable bonds is 7. The standard InChI is InChI=1S/C15H19NO3/c1-16(12-11-15(18)19)14(17)10-6-5-9-13-7-3-2-4-8-13/h2-5,7-9H,6,10-12H2,1H3,(H,18,19)/b9-5+. The van der Waals surface area contributed by atoms with Gasteiger partial charge in [0.2, 0.25) is 5.91 Å². The lowest BCUT2D eigenvalue weighted by Gasteiger charge is -2.15. The number of allylic oxidation sites excluding steroid dienone is 1. The summed E-state index contributed by atoms with van der Waals surface area (Å²) in [5, 5.41) is 8.54. The van der Waals surface area contributed by atoms with E-state index in [2.05, 4.69) is 0 Å². The second kappa shape index (κ2) is 8.08. The summed E-state index contributed by atoms with van der Waals surface area (Å²) in [7, 11) is 1.63. The molecule has 0 aliphatic heterocycles. The van der Waals surface area contributed by atoms with E-state index in [0.717, 1.165) is 5.56 Å². The van der Waals surface area contributed by atoms with Gasteiger partial charge < -0.3 is 10.0 Å². The first-order chi connectivity index (χ1) is 9.09. The molecule has 1 aromatic carbocycles. The SMILES string of the molecule is CN(CCC(=O)O)C(=O)CC/C=C/c1ccccc1. The molecule has 0 atom stereocenters. The van der Waals surface area contributed by atoms with Crippen LogP contribution in [0.2, 0.25) is 0 Å². The monoisotopic (exact) mass is 261 g/mol. The van der Waals surface area contributed by atoms with E-state index in [1.54, 1.807) is 7.05 Å². The van der Waals surface area contributed by atoms with Gasteiger partial charge in [0, 0.05) is 20.0 Å². The Morgan fingerprint density at radius 3 is 2.53 bits per heavy atom. The third kappa shape index (κ3) is 6.41. The van der Waals surface area contributed by atoms with Crippen molar-refractivity contribution in [1.82, 2.24) is 4.90 Å². The van der Waals surface area contributed by atoms with Crippen LogP contribution in [0, 0.1) is 0 Å². The molecule has 0 aromatic heterocycles. The number of hydrogen-bond acceptors (Lipinski definition) is 2. The smallest absolute Gasteiger partial charge is 0.305 e. The predicted octanol–water partition coefficient (Wildman–Crippen LogP) is 2.41. The van der Waals surface area contributed by atoms with Crippen molar-refractivity contribution in [3.8, 4) is 0 Å². The lowest BCUT2D eigenvalue weighted by atomic mass is 10.2. The van der Waals surface area contributed by atoms with E-state index in [1.807, 2.05) is 42.5 Å². The average molecular weight is 261 g/mol. The molecule has 19 heavy (non-hydrogen) atoms. The molecule has 0 saturated carbocycles. The topological polar surface area (TPSA) is 57.6 Å². The summed E-state index contributed by atoms with van der Waals surface area (Å²) in [5.41, 5.74) is 1.11. The normalized spacial score (nSPS) is 10.6. The maximum atomic E-state index is 11.7. The second-order valence-corrected chi connectivity index (χ2v) is 4.31. The Labute approximate surface area is 113 Å². The molecule has 0 aliphatic carbocycles. The zero-order chi connectivity index (χ0) is 14.1. The summed E-state index contributed by atoms with van der Waals surface area (Å²) in [5.74, 6) is -0.914. The lowest BCUT2D eigenvalue weighted by Crippen LogP contribution is -2.28. The van der Waals surface area contributed by atoms with Crippen LogP contribution in [0.3, 0.4) is 0 Å². The first-order valence-electron chi connectivity index (χ1n) is 6.27. The molecule has 102 valence electrons. The summed E-state index contributed by atoms with van der Waals surface area (Å²) in [6, 6.07) is 9.88. The van der Waals surface area contributed by atoms with E-state index in [9.17, 15) is 9.59 Å². The fraction of sp³-hybridized carbons (Fsp3) is 0.333. The third-order valence-corrected chi connectivity index (χ3v) is 2.72. The molecule has 1 rings (SSSR count). The van der Waals surface area contributed by atoms with Gasteiger partial charge in [-0.3, -0.25) is 9.59 Å². The highest BCUT2D eigenvalue weighted by Crippen LogP contribution is 2.04. The fourth-order valence-corrected chi connectivity index (χ4v) is 1.57. The number of aliphatic carboxylic acids is 1.